The van der Waals surface area contributed by atoms with E-state index in [0.717, 1.165) is 0 Å². The van der Waals surface area contributed by atoms with Crippen LogP contribution in [0.3, 0.4) is 0 Å². The van der Waals surface area contributed by atoms with Gasteiger partial charge < -0.3 is 5.11 Å². The van der Waals surface area contributed by atoms with Crippen molar-refractivity contribution in [2.24, 2.45) is 0 Å². The molecule has 0 aliphatic rings. The summed E-state index contributed by atoms with van der Waals surface area (Å²) in [6.45, 7) is -0.0889. The second-order valence-electron chi connectivity index (χ2n) is 1.51. The van der Waals surface area contributed by atoms with E-state index in [-0.39, 0.29) is 11.8 Å². The summed E-state index contributed by atoms with van der Waals surface area (Å²) in [6, 6.07) is 1.62. The molecule has 1 heterocycles. The van der Waals surface area contributed by atoms with Crippen molar-refractivity contribution in [1.82, 2.24) is 10.2 Å². The van der Waals surface area contributed by atoms with Crippen LogP contribution in [0.2, 0.25) is 5.15 Å². The quantitative estimate of drug-likeness (QED) is 0.629. The van der Waals surface area contributed by atoms with E-state index in [0.29, 0.717) is 5.56 Å². The topological polar surface area (TPSA) is 46.0 Å². The van der Waals surface area contributed by atoms with Crippen LogP contribution < -0.4 is 0 Å². The van der Waals surface area contributed by atoms with Crippen molar-refractivity contribution in [1.29, 1.82) is 0 Å². The lowest BCUT2D eigenvalue weighted by molar-refractivity contribution is 0.281. The number of nitrogens with zero attached hydrogens (tertiary/aromatic N) is 2. The van der Waals surface area contributed by atoms with Crippen molar-refractivity contribution in [3.8, 4) is 0 Å². The Morgan fingerprint density at radius 1 is 1.67 bits per heavy atom. The van der Waals surface area contributed by atoms with Gasteiger partial charge in [0.2, 0.25) is 0 Å². The second-order valence-corrected chi connectivity index (χ2v) is 1.86. The normalized spacial score (nSPS) is 9.56. The first-order chi connectivity index (χ1) is 4.34. The van der Waals surface area contributed by atoms with E-state index in [9.17, 15) is 0 Å². The molecular weight excluding hydrogens is 140 g/mol. The molecule has 0 radical (unpaired) electrons. The number of aliphatic hydroxyl groups excluding tert-OH is 1. The smallest absolute Gasteiger partial charge is 0.157 e. The van der Waals surface area contributed by atoms with Gasteiger partial charge >= 0.3 is 0 Å². The molecule has 0 unspecified atom stereocenters. The molecule has 0 fully saturated rings. The van der Waals surface area contributed by atoms with Crippen LogP contribution in [0.25, 0.3) is 0 Å². The summed E-state index contributed by atoms with van der Waals surface area (Å²) in [4.78, 5) is 0. The molecule has 0 atom stereocenters. The lowest BCUT2D eigenvalue weighted by Crippen LogP contribution is -1.88. The number of rotatable bonds is 1. The molecule has 3 nitrogen and oxygen atoms in total. The Bertz CT molecular complexity index is 204. The van der Waals surface area contributed by atoms with Gasteiger partial charge in [0, 0.05) is 5.56 Å². The van der Waals surface area contributed by atoms with Crippen molar-refractivity contribution >= 4 is 11.6 Å². The number of aromatic nitrogens is 2. The Labute approximate surface area is 57.3 Å². The summed E-state index contributed by atoms with van der Waals surface area (Å²) in [6.07, 6.45) is 1.48. The minimum atomic E-state index is -0.0889. The molecule has 1 rings (SSSR count). The van der Waals surface area contributed by atoms with Crippen LogP contribution in [0.5, 0.6) is 0 Å². The predicted molar refractivity (Wildman–Crippen MR) is 33.0 cm³/mol. The highest BCUT2D eigenvalue weighted by Crippen LogP contribution is 2.08. The van der Waals surface area contributed by atoms with Crippen molar-refractivity contribution in [3.63, 3.8) is 0 Å². The summed E-state index contributed by atoms with van der Waals surface area (Å²) in [5, 5.41) is 15.8. The van der Waals surface area contributed by atoms with Crippen LogP contribution in [0.4, 0.5) is 0 Å². The van der Waals surface area contributed by atoms with Gasteiger partial charge in [0.15, 0.2) is 5.15 Å². The maximum atomic E-state index is 8.57. The fourth-order valence-corrected chi connectivity index (χ4v) is 0.625. The highest BCUT2D eigenvalue weighted by atomic mass is 35.5. The molecular formula is C5H5ClN2O. The molecule has 0 bridgehead atoms. The van der Waals surface area contributed by atoms with Crippen LogP contribution >= 0.6 is 11.6 Å². The van der Waals surface area contributed by atoms with Crippen LogP contribution in [-0.2, 0) is 6.61 Å². The summed E-state index contributed by atoms with van der Waals surface area (Å²) in [7, 11) is 0. The van der Waals surface area contributed by atoms with E-state index in [1.807, 2.05) is 0 Å². The molecule has 0 amide bonds. The predicted octanol–water partition coefficient (Wildman–Crippen LogP) is 0.622. The van der Waals surface area contributed by atoms with Gasteiger partial charge in [-0.1, -0.05) is 11.6 Å². The summed E-state index contributed by atoms with van der Waals surface area (Å²) < 4.78 is 0. The molecule has 0 saturated heterocycles. The van der Waals surface area contributed by atoms with Gasteiger partial charge in [-0.25, -0.2) is 0 Å². The van der Waals surface area contributed by atoms with E-state index in [4.69, 9.17) is 16.7 Å². The van der Waals surface area contributed by atoms with E-state index in [1.165, 1.54) is 6.20 Å². The standard InChI is InChI=1S/C5H5ClN2O/c6-5-4(3-9)1-2-7-8-5/h1-2,9H,3H2. The third-order valence-corrected chi connectivity index (χ3v) is 1.24. The molecule has 1 aromatic heterocycles. The van der Waals surface area contributed by atoms with Crippen molar-refractivity contribution in [3.05, 3.63) is 23.0 Å². The fraction of sp³-hybridized carbons (Fsp3) is 0.200. The summed E-state index contributed by atoms with van der Waals surface area (Å²) in [5.74, 6) is 0. The summed E-state index contributed by atoms with van der Waals surface area (Å²) >= 11 is 5.49. The SMILES string of the molecule is OCc1ccnnc1Cl. The van der Waals surface area contributed by atoms with Crippen molar-refractivity contribution in [2.75, 3.05) is 0 Å². The van der Waals surface area contributed by atoms with Gasteiger partial charge in [0.25, 0.3) is 0 Å². The third-order valence-electron chi connectivity index (χ3n) is 0.923. The Balaban J connectivity index is 3.01. The molecule has 9 heavy (non-hydrogen) atoms. The zero-order chi connectivity index (χ0) is 6.69. The molecule has 1 aromatic rings. The van der Waals surface area contributed by atoms with Crippen LogP contribution in [-0.4, -0.2) is 15.3 Å². The second kappa shape index (κ2) is 2.75. The number of aliphatic hydroxyl groups is 1. The highest BCUT2D eigenvalue weighted by Gasteiger charge is 1.96. The average molecular weight is 145 g/mol. The first-order valence-electron chi connectivity index (χ1n) is 2.41. The first kappa shape index (κ1) is 6.45. The average Bonchev–Trinajstić information content (AvgIpc) is 1.89. The van der Waals surface area contributed by atoms with Crippen molar-refractivity contribution in [2.45, 2.75) is 6.61 Å². The molecule has 0 saturated carbocycles. The third kappa shape index (κ3) is 1.37. The highest BCUT2D eigenvalue weighted by molar-refractivity contribution is 6.30. The Hall–Kier alpha value is -0.670. The molecule has 0 aromatic carbocycles. The van der Waals surface area contributed by atoms with Gasteiger partial charge in [-0.2, -0.15) is 5.10 Å². The Morgan fingerprint density at radius 2 is 2.44 bits per heavy atom. The monoisotopic (exact) mass is 144 g/mol. The molecule has 0 aliphatic carbocycles. The number of halogens is 1. The first-order valence-corrected chi connectivity index (χ1v) is 2.79. The maximum Gasteiger partial charge on any atom is 0.157 e. The van der Waals surface area contributed by atoms with Crippen LogP contribution in [0.15, 0.2) is 12.3 Å². The Morgan fingerprint density at radius 3 is 2.89 bits per heavy atom. The zero-order valence-electron chi connectivity index (χ0n) is 4.58. The molecule has 1 N–H and O–H groups in total. The van der Waals surface area contributed by atoms with E-state index < -0.39 is 0 Å². The van der Waals surface area contributed by atoms with Crippen LogP contribution in [0.1, 0.15) is 5.56 Å². The van der Waals surface area contributed by atoms with E-state index in [1.54, 1.807) is 6.07 Å². The Kier molecular flexibility index (Phi) is 1.97. The maximum absolute atomic E-state index is 8.57. The fourth-order valence-electron chi connectivity index (χ4n) is 0.458. The van der Waals surface area contributed by atoms with Gasteiger partial charge in [0.1, 0.15) is 0 Å². The molecule has 4 heteroatoms. The number of hydrogen-bond acceptors (Lipinski definition) is 3. The van der Waals surface area contributed by atoms with Gasteiger partial charge in [-0.3, -0.25) is 0 Å². The van der Waals surface area contributed by atoms with Gasteiger partial charge in [0.05, 0.1) is 12.8 Å². The lowest BCUT2D eigenvalue weighted by atomic mass is 10.3. The van der Waals surface area contributed by atoms with E-state index in [2.05, 4.69) is 10.2 Å². The summed E-state index contributed by atoms with van der Waals surface area (Å²) in [5.41, 5.74) is 0.603. The molecule has 0 aliphatic heterocycles. The van der Waals surface area contributed by atoms with Crippen LogP contribution in [0, 0.1) is 0 Å². The minimum absolute atomic E-state index is 0.0889. The van der Waals surface area contributed by atoms with Gasteiger partial charge in [-0.15, -0.1) is 5.10 Å². The van der Waals surface area contributed by atoms with E-state index >= 15 is 0 Å². The molecule has 48 valence electrons. The largest absolute Gasteiger partial charge is 0.392 e. The van der Waals surface area contributed by atoms with Crippen molar-refractivity contribution < 1.29 is 5.11 Å². The number of hydrogen-bond donors (Lipinski definition) is 1. The zero-order valence-corrected chi connectivity index (χ0v) is 5.34. The van der Waals surface area contributed by atoms with Gasteiger partial charge in [-0.05, 0) is 6.07 Å². The molecule has 0 spiro atoms. The minimum Gasteiger partial charge on any atom is -0.392 e. The lowest BCUT2D eigenvalue weighted by Gasteiger charge is -1.93.